The first kappa shape index (κ1) is 12.2. The average Bonchev–Trinajstić information content (AvgIpc) is 2.39. The Balaban J connectivity index is 2.13. The van der Waals surface area contributed by atoms with E-state index < -0.39 is 0 Å². The van der Waals surface area contributed by atoms with Gasteiger partial charge in [0.25, 0.3) is 0 Å². The molecule has 0 bridgehead atoms. The number of methoxy groups -OCH3 is 1. The summed E-state index contributed by atoms with van der Waals surface area (Å²) in [6, 6.07) is 10.6. The van der Waals surface area contributed by atoms with E-state index in [9.17, 15) is 5.11 Å². The molecule has 0 amide bonds. The Labute approximate surface area is 106 Å². The SMILES string of the molecule is COc1ccc(C)c(COc2ccccc2O)n1. The number of para-hydroxylation sites is 2. The number of phenolic OH excluding ortho intramolecular Hbond substituents is 1. The van der Waals surface area contributed by atoms with Crippen LogP contribution in [0.3, 0.4) is 0 Å². The van der Waals surface area contributed by atoms with Crippen molar-refractivity contribution in [2.75, 3.05) is 7.11 Å². The van der Waals surface area contributed by atoms with E-state index in [2.05, 4.69) is 4.98 Å². The molecule has 0 aliphatic heterocycles. The minimum atomic E-state index is 0.123. The van der Waals surface area contributed by atoms with E-state index in [1.54, 1.807) is 37.4 Å². The van der Waals surface area contributed by atoms with Crippen molar-refractivity contribution in [1.82, 2.24) is 4.98 Å². The second kappa shape index (κ2) is 5.40. The number of ether oxygens (including phenoxy) is 2. The Bertz CT molecular complexity index is 540. The molecule has 1 N–H and O–H groups in total. The Morgan fingerprint density at radius 2 is 1.94 bits per heavy atom. The fraction of sp³-hybridized carbons (Fsp3) is 0.214. The number of aryl methyl sites for hydroxylation is 1. The van der Waals surface area contributed by atoms with Gasteiger partial charge in [0.1, 0.15) is 6.61 Å². The van der Waals surface area contributed by atoms with Crippen molar-refractivity contribution in [1.29, 1.82) is 0 Å². The van der Waals surface area contributed by atoms with Gasteiger partial charge in [-0.3, -0.25) is 0 Å². The van der Waals surface area contributed by atoms with Crippen molar-refractivity contribution in [3.63, 3.8) is 0 Å². The van der Waals surface area contributed by atoms with Gasteiger partial charge in [-0.2, -0.15) is 0 Å². The van der Waals surface area contributed by atoms with Gasteiger partial charge in [-0.05, 0) is 24.6 Å². The van der Waals surface area contributed by atoms with Crippen LogP contribution in [0.2, 0.25) is 0 Å². The summed E-state index contributed by atoms with van der Waals surface area (Å²) < 4.78 is 10.6. The van der Waals surface area contributed by atoms with Crippen molar-refractivity contribution in [2.24, 2.45) is 0 Å². The summed E-state index contributed by atoms with van der Waals surface area (Å²) in [6.07, 6.45) is 0. The van der Waals surface area contributed by atoms with E-state index in [1.165, 1.54) is 0 Å². The van der Waals surface area contributed by atoms with Gasteiger partial charge in [0, 0.05) is 6.07 Å². The molecule has 1 heterocycles. The normalized spacial score (nSPS) is 10.1. The minimum Gasteiger partial charge on any atom is -0.504 e. The number of aromatic hydroxyl groups is 1. The zero-order valence-corrected chi connectivity index (χ0v) is 10.4. The van der Waals surface area contributed by atoms with Crippen LogP contribution in [0.1, 0.15) is 11.3 Å². The number of rotatable bonds is 4. The number of benzene rings is 1. The number of aromatic nitrogens is 1. The van der Waals surface area contributed by atoms with Gasteiger partial charge < -0.3 is 14.6 Å². The summed E-state index contributed by atoms with van der Waals surface area (Å²) in [5.74, 6) is 1.12. The molecular formula is C14H15NO3. The monoisotopic (exact) mass is 245 g/mol. The van der Waals surface area contributed by atoms with Crippen LogP contribution >= 0.6 is 0 Å². The molecule has 1 aromatic carbocycles. The number of pyridine rings is 1. The Kier molecular flexibility index (Phi) is 3.67. The Morgan fingerprint density at radius 3 is 2.67 bits per heavy atom. The van der Waals surface area contributed by atoms with Gasteiger partial charge in [-0.15, -0.1) is 0 Å². The van der Waals surface area contributed by atoms with Gasteiger partial charge in [0.15, 0.2) is 11.5 Å². The van der Waals surface area contributed by atoms with E-state index in [1.807, 2.05) is 13.0 Å². The first-order valence-electron chi connectivity index (χ1n) is 5.62. The summed E-state index contributed by atoms with van der Waals surface area (Å²) in [5, 5.41) is 9.59. The first-order valence-corrected chi connectivity index (χ1v) is 5.62. The minimum absolute atomic E-state index is 0.123. The maximum atomic E-state index is 9.59. The molecule has 0 aliphatic rings. The molecule has 0 atom stereocenters. The van der Waals surface area contributed by atoms with Gasteiger partial charge in [0.05, 0.1) is 12.8 Å². The maximum Gasteiger partial charge on any atom is 0.213 e. The Morgan fingerprint density at radius 1 is 1.17 bits per heavy atom. The third-order valence-electron chi connectivity index (χ3n) is 2.62. The lowest BCUT2D eigenvalue weighted by Crippen LogP contribution is -2.02. The molecule has 0 saturated carbocycles. The molecule has 0 radical (unpaired) electrons. The van der Waals surface area contributed by atoms with Crippen molar-refractivity contribution in [3.8, 4) is 17.4 Å². The van der Waals surface area contributed by atoms with Gasteiger partial charge in [-0.1, -0.05) is 18.2 Å². The number of nitrogens with zero attached hydrogens (tertiary/aromatic N) is 1. The zero-order chi connectivity index (χ0) is 13.0. The number of phenols is 1. The first-order chi connectivity index (χ1) is 8.70. The summed E-state index contributed by atoms with van der Waals surface area (Å²) in [5.41, 5.74) is 1.81. The maximum absolute atomic E-state index is 9.59. The predicted molar refractivity (Wildman–Crippen MR) is 68.0 cm³/mol. The second-order valence-corrected chi connectivity index (χ2v) is 3.87. The highest BCUT2D eigenvalue weighted by atomic mass is 16.5. The van der Waals surface area contributed by atoms with Crippen LogP contribution in [0.4, 0.5) is 0 Å². The summed E-state index contributed by atoms with van der Waals surface area (Å²) in [7, 11) is 1.57. The van der Waals surface area contributed by atoms with Crippen LogP contribution in [-0.4, -0.2) is 17.2 Å². The van der Waals surface area contributed by atoms with Crippen molar-refractivity contribution in [3.05, 3.63) is 47.7 Å². The molecule has 18 heavy (non-hydrogen) atoms. The van der Waals surface area contributed by atoms with Gasteiger partial charge in [-0.25, -0.2) is 4.98 Å². The highest BCUT2D eigenvalue weighted by Gasteiger charge is 2.06. The highest BCUT2D eigenvalue weighted by Crippen LogP contribution is 2.25. The lowest BCUT2D eigenvalue weighted by atomic mass is 10.2. The van der Waals surface area contributed by atoms with Crippen molar-refractivity contribution in [2.45, 2.75) is 13.5 Å². The van der Waals surface area contributed by atoms with E-state index in [-0.39, 0.29) is 5.75 Å². The number of hydrogen-bond acceptors (Lipinski definition) is 4. The van der Waals surface area contributed by atoms with Crippen molar-refractivity contribution < 1.29 is 14.6 Å². The van der Waals surface area contributed by atoms with E-state index in [0.717, 1.165) is 11.3 Å². The summed E-state index contributed by atoms with van der Waals surface area (Å²) in [6.45, 7) is 2.25. The van der Waals surface area contributed by atoms with Crippen LogP contribution in [-0.2, 0) is 6.61 Å². The largest absolute Gasteiger partial charge is 0.504 e. The molecule has 0 saturated heterocycles. The van der Waals surface area contributed by atoms with E-state index in [0.29, 0.717) is 18.2 Å². The van der Waals surface area contributed by atoms with Crippen molar-refractivity contribution >= 4 is 0 Å². The highest BCUT2D eigenvalue weighted by molar-refractivity contribution is 5.38. The molecule has 0 aliphatic carbocycles. The summed E-state index contributed by atoms with van der Waals surface area (Å²) in [4.78, 5) is 4.31. The van der Waals surface area contributed by atoms with Crippen LogP contribution in [0.5, 0.6) is 17.4 Å². The molecule has 0 spiro atoms. The average molecular weight is 245 g/mol. The smallest absolute Gasteiger partial charge is 0.213 e. The molecule has 1 aromatic heterocycles. The third kappa shape index (κ3) is 2.71. The molecule has 4 nitrogen and oxygen atoms in total. The molecule has 94 valence electrons. The standard InChI is InChI=1S/C14H15NO3/c1-10-7-8-14(17-2)15-11(10)9-18-13-6-4-3-5-12(13)16/h3-8,16H,9H2,1-2H3. The molecule has 2 rings (SSSR count). The molecule has 4 heteroatoms. The van der Waals surface area contributed by atoms with Crippen LogP contribution in [0.25, 0.3) is 0 Å². The van der Waals surface area contributed by atoms with Gasteiger partial charge >= 0.3 is 0 Å². The van der Waals surface area contributed by atoms with Gasteiger partial charge in [0.2, 0.25) is 5.88 Å². The second-order valence-electron chi connectivity index (χ2n) is 3.87. The van der Waals surface area contributed by atoms with Crippen LogP contribution in [0, 0.1) is 6.92 Å². The number of hydrogen-bond donors (Lipinski definition) is 1. The summed E-state index contributed by atoms with van der Waals surface area (Å²) >= 11 is 0. The quantitative estimate of drug-likeness (QED) is 0.899. The fourth-order valence-electron chi connectivity index (χ4n) is 1.54. The van der Waals surface area contributed by atoms with Crippen LogP contribution in [0.15, 0.2) is 36.4 Å². The molecule has 0 unspecified atom stereocenters. The molecular weight excluding hydrogens is 230 g/mol. The lowest BCUT2D eigenvalue weighted by molar-refractivity contribution is 0.282. The van der Waals surface area contributed by atoms with Crippen LogP contribution < -0.4 is 9.47 Å². The lowest BCUT2D eigenvalue weighted by Gasteiger charge is -2.10. The third-order valence-corrected chi connectivity index (χ3v) is 2.62. The molecule has 2 aromatic rings. The molecule has 0 fully saturated rings. The fourth-order valence-corrected chi connectivity index (χ4v) is 1.54. The van der Waals surface area contributed by atoms with E-state index >= 15 is 0 Å². The Hall–Kier alpha value is -2.23. The topological polar surface area (TPSA) is 51.6 Å². The predicted octanol–water partition coefficient (Wildman–Crippen LogP) is 2.68. The van der Waals surface area contributed by atoms with E-state index in [4.69, 9.17) is 9.47 Å². The zero-order valence-electron chi connectivity index (χ0n) is 10.4.